The van der Waals surface area contributed by atoms with Crippen molar-refractivity contribution in [2.75, 3.05) is 16.8 Å². The Balaban J connectivity index is 1.82. The number of rotatable bonds is 7. The molecule has 0 unspecified atom stereocenters. The minimum atomic E-state index is -0.571. The van der Waals surface area contributed by atoms with E-state index >= 15 is 0 Å². The lowest BCUT2D eigenvalue weighted by Gasteiger charge is -2.14. The number of benzene rings is 2. The molecule has 6 nitrogen and oxygen atoms in total. The Morgan fingerprint density at radius 3 is 2.44 bits per heavy atom. The summed E-state index contributed by atoms with van der Waals surface area (Å²) < 4.78 is 13.3. The summed E-state index contributed by atoms with van der Waals surface area (Å²) in [5, 5.41) is 22.5. The molecule has 1 amide bonds. The summed E-state index contributed by atoms with van der Waals surface area (Å²) in [7, 11) is 0. The SMILES string of the molecule is CC(C)c1ccc(-c2c(C#N)c(N)nc(SCCC(=O)Nc3ccc(F)c(Cl)c3)c2C#N)cc1. The van der Waals surface area contributed by atoms with Gasteiger partial charge in [-0.1, -0.05) is 49.7 Å². The number of nitrogens with zero attached hydrogens (tertiary/aromatic N) is 3. The number of nitrogen functional groups attached to an aromatic ring is 1. The first-order chi connectivity index (χ1) is 16.2. The van der Waals surface area contributed by atoms with Gasteiger partial charge in [-0.2, -0.15) is 10.5 Å². The summed E-state index contributed by atoms with van der Waals surface area (Å²) in [4.78, 5) is 16.5. The molecule has 0 saturated heterocycles. The monoisotopic (exact) mass is 493 g/mol. The van der Waals surface area contributed by atoms with E-state index in [0.29, 0.717) is 33.5 Å². The topological polar surface area (TPSA) is 116 Å². The van der Waals surface area contributed by atoms with Crippen LogP contribution >= 0.6 is 23.4 Å². The van der Waals surface area contributed by atoms with Crippen LogP contribution in [0.5, 0.6) is 0 Å². The first-order valence-corrected chi connectivity index (χ1v) is 11.7. The van der Waals surface area contributed by atoms with Gasteiger partial charge in [-0.25, -0.2) is 9.37 Å². The number of pyridine rings is 1. The summed E-state index contributed by atoms with van der Waals surface area (Å²) in [6.45, 7) is 4.16. The second-order valence-corrected chi connectivity index (χ2v) is 9.19. The van der Waals surface area contributed by atoms with E-state index in [2.05, 4.69) is 36.3 Å². The molecule has 0 aliphatic carbocycles. The highest BCUT2D eigenvalue weighted by Crippen LogP contribution is 2.36. The largest absolute Gasteiger partial charge is 0.383 e. The number of hydrogen-bond donors (Lipinski definition) is 2. The van der Waals surface area contributed by atoms with Gasteiger partial charge in [0.25, 0.3) is 0 Å². The van der Waals surface area contributed by atoms with Crippen LogP contribution in [-0.2, 0) is 4.79 Å². The van der Waals surface area contributed by atoms with Crippen LogP contribution in [0.3, 0.4) is 0 Å². The van der Waals surface area contributed by atoms with Crippen LogP contribution < -0.4 is 11.1 Å². The van der Waals surface area contributed by atoms with Crippen molar-refractivity contribution in [3.8, 4) is 23.3 Å². The molecule has 0 atom stereocenters. The predicted molar refractivity (Wildman–Crippen MR) is 133 cm³/mol. The third-order valence-electron chi connectivity index (χ3n) is 5.05. The number of carbonyl (C=O) groups excluding carboxylic acids is 1. The zero-order valence-corrected chi connectivity index (χ0v) is 20.1. The Labute approximate surface area is 206 Å². The summed E-state index contributed by atoms with van der Waals surface area (Å²) in [6.07, 6.45) is 0.102. The zero-order chi connectivity index (χ0) is 24.8. The molecule has 0 aliphatic rings. The number of nitriles is 2. The van der Waals surface area contributed by atoms with Crippen LogP contribution in [-0.4, -0.2) is 16.6 Å². The van der Waals surface area contributed by atoms with Gasteiger partial charge < -0.3 is 11.1 Å². The number of nitrogens with two attached hydrogens (primary N) is 1. The molecule has 2 aromatic carbocycles. The first-order valence-electron chi connectivity index (χ1n) is 10.4. The predicted octanol–water partition coefficient (Wildman–Crippen LogP) is 6.11. The van der Waals surface area contributed by atoms with E-state index in [1.807, 2.05) is 24.3 Å². The number of anilines is 2. The van der Waals surface area contributed by atoms with E-state index < -0.39 is 5.82 Å². The lowest BCUT2D eigenvalue weighted by Crippen LogP contribution is -2.12. The number of hydrogen-bond acceptors (Lipinski definition) is 6. The van der Waals surface area contributed by atoms with Crippen molar-refractivity contribution in [3.63, 3.8) is 0 Å². The Morgan fingerprint density at radius 2 is 1.85 bits per heavy atom. The molecule has 0 spiro atoms. The van der Waals surface area contributed by atoms with Crippen molar-refractivity contribution in [1.82, 2.24) is 4.98 Å². The van der Waals surface area contributed by atoms with Crippen LogP contribution in [0, 0.1) is 28.5 Å². The summed E-state index contributed by atoms with van der Waals surface area (Å²) in [6, 6.07) is 15.8. The summed E-state index contributed by atoms with van der Waals surface area (Å²) >= 11 is 6.94. The summed E-state index contributed by atoms with van der Waals surface area (Å²) in [5.74, 6) is -0.208. The molecule has 0 saturated carbocycles. The Hall–Kier alpha value is -3.59. The van der Waals surface area contributed by atoms with E-state index in [9.17, 15) is 19.7 Å². The van der Waals surface area contributed by atoms with Crippen LogP contribution in [0.25, 0.3) is 11.1 Å². The van der Waals surface area contributed by atoms with Gasteiger partial charge in [0.15, 0.2) is 0 Å². The van der Waals surface area contributed by atoms with Crippen LogP contribution in [0.15, 0.2) is 47.5 Å². The highest BCUT2D eigenvalue weighted by Gasteiger charge is 2.21. The lowest BCUT2D eigenvalue weighted by molar-refractivity contribution is -0.115. The van der Waals surface area contributed by atoms with Crippen molar-refractivity contribution in [2.24, 2.45) is 0 Å². The van der Waals surface area contributed by atoms with Crippen molar-refractivity contribution in [3.05, 3.63) is 70.0 Å². The number of aromatic nitrogens is 1. The second kappa shape index (κ2) is 11.0. The van der Waals surface area contributed by atoms with E-state index in [-0.39, 0.29) is 34.3 Å². The van der Waals surface area contributed by atoms with Crippen LogP contribution in [0.2, 0.25) is 5.02 Å². The van der Waals surface area contributed by atoms with Gasteiger partial charge in [0.2, 0.25) is 5.91 Å². The number of thioether (sulfide) groups is 1. The highest BCUT2D eigenvalue weighted by atomic mass is 35.5. The molecular weight excluding hydrogens is 473 g/mol. The van der Waals surface area contributed by atoms with Gasteiger partial charge in [-0.05, 0) is 35.2 Å². The third kappa shape index (κ3) is 5.66. The maximum absolute atomic E-state index is 13.3. The Bertz CT molecular complexity index is 1310. The van der Waals surface area contributed by atoms with Gasteiger partial charge in [0.1, 0.15) is 34.4 Å². The molecule has 1 heterocycles. The number of amides is 1. The molecule has 9 heteroatoms. The fraction of sp³-hybridized carbons (Fsp3) is 0.200. The number of carbonyl (C=O) groups is 1. The van der Waals surface area contributed by atoms with E-state index in [1.54, 1.807) is 0 Å². The van der Waals surface area contributed by atoms with Gasteiger partial charge in [-0.3, -0.25) is 4.79 Å². The lowest BCUT2D eigenvalue weighted by atomic mass is 9.94. The average Bonchev–Trinajstić information content (AvgIpc) is 2.81. The molecular formula is C25H21ClFN5OS. The minimum absolute atomic E-state index is 0.0253. The smallest absolute Gasteiger partial charge is 0.225 e. The van der Waals surface area contributed by atoms with Crippen LogP contribution in [0.1, 0.15) is 42.9 Å². The molecule has 0 bridgehead atoms. The van der Waals surface area contributed by atoms with Gasteiger partial charge in [-0.15, -0.1) is 11.8 Å². The van der Waals surface area contributed by atoms with Crippen LogP contribution in [0.4, 0.5) is 15.9 Å². The van der Waals surface area contributed by atoms with E-state index in [1.165, 1.54) is 30.0 Å². The fourth-order valence-electron chi connectivity index (χ4n) is 3.26. The molecule has 3 aromatic rings. The molecule has 0 radical (unpaired) electrons. The normalized spacial score (nSPS) is 10.6. The summed E-state index contributed by atoms with van der Waals surface area (Å²) in [5.41, 5.74) is 9.07. The molecule has 34 heavy (non-hydrogen) atoms. The molecule has 1 aromatic heterocycles. The molecule has 0 fully saturated rings. The number of nitrogens with one attached hydrogen (secondary N) is 1. The molecule has 0 aliphatic heterocycles. The first kappa shape index (κ1) is 25.0. The third-order valence-corrected chi connectivity index (χ3v) is 6.32. The maximum Gasteiger partial charge on any atom is 0.225 e. The maximum atomic E-state index is 13.3. The zero-order valence-electron chi connectivity index (χ0n) is 18.5. The highest BCUT2D eigenvalue weighted by molar-refractivity contribution is 7.99. The van der Waals surface area contributed by atoms with Crippen molar-refractivity contribution < 1.29 is 9.18 Å². The standard InChI is InChI=1S/C25H21ClFN5OS/c1-14(2)15-3-5-16(6-4-15)23-18(12-28)24(30)32-25(19(23)13-29)34-10-9-22(33)31-17-7-8-21(27)20(26)11-17/h3-8,11,14H,9-10H2,1-2H3,(H2,30,32)(H,31,33). The quantitative estimate of drug-likeness (QED) is 0.383. The molecule has 3 rings (SSSR count). The molecule has 3 N–H and O–H groups in total. The van der Waals surface area contributed by atoms with Gasteiger partial charge in [0, 0.05) is 23.4 Å². The van der Waals surface area contributed by atoms with Gasteiger partial charge >= 0.3 is 0 Å². The van der Waals surface area contributed by atoms with Crippen molar-refractivity contribution >= 4 is 40.8 Å². The Morgan fingerprint density at radius 1 is 1.18 bits per heavy atom. The van der Waals surface area contributed by atoms with E-state index in [0.717, 1.165) is 5.56 Å². The molecule has 172 valence electrons. The van der Waals surface area contributed by atoms with Crippen molar-refractivity contribution in [2.45, 2.75) is 31.2 Å². The Kier molecular flexibility index (Phi) is 8.12. The minimum Gasteiger partial charge on any atom is -0.383 e. The average molecular weight is 494 g/mol. The fourth-order valence-corrected chi connectivity index (χ4v) is 4.38. The number of halogens is 2. The van der Waals surface area contributed by atoms with Crippen molar-refractivity contribution in [1.29, 1.82) is 10.5 Å². The second-order valence-electron chi connectivity index (χ2n) is 7.70. The van der Waals surface area contributed by atoms with Gasteiger partial charge in [0.05, 0.1) is 10.6 Å². The van der Waals surface area contributed by atoms with E-state index in [4.69, 9.17) is 17.3 Å².